The van der Waals surface area contributed by atoms with Crippen LogP contribution in [0.25, 0.3) is 5.70 Å². The highest BCUT2D eigenvalue weighted by Crippen LogP contribution is 2.28. The molecule has 1 heterocycles. The summed E-state index contributed by atoms with van der Waals surface area (Å²) in [5, 5.41) is 0. The van der Waals surface area contributed by atoms with Gasteiger partial charge in [-0.25, -0.2) is 0 Å². The van der Waals surface area contributed by atoms with E-state index in [1.165, 1.54) is 24.1 Å². The van der Waals surface area contributed by atoms with Crippen LogP contribution < -0.4 is 10.6 Å². The first-order valence-electron chi connectivity index (χ1n) is 5.63. The standard InChI is InChI=1S/C13H18N2.BrH/c1-2-3-9-15-10-8-12(14)11-6-4-5-7-13(11)15;/h4-8H,2-3,9-10,14H2,1H3;1H. The average Bonchev–Trinajstić information content (AvgIpc) is 2.29. The Morgan fingerprint density at radius 1 is 1.31 bits per heavy atom. The maximum absolute atomic E-state index is 5.97. The zero-order chi connectivity index (χ0) is 10.7. The van der Waals surface area contributed by atoms with Gasteiger partial charge in [0.2, 0.25) is 0 Å². The van der Waals surface area contributed by atoms with Gasteiger partial charge in [-0.05, 0) is 18.6 Å². The lowest BCUT2D eigenvalue weighted by atomic mass is 10.0. The largest absolute Gasteiger partial charge is 0.398 e. The number of rotatable bonds is 3. The summed E-state index contributed by atoms with van der Waals surface area (Å²) in [7, 11) is 0. The minimum atomic E-state index is 0. The SMILES string of the molecule is Br.CCCCN1CC=C(N)c2ccccc21. The quantitative estimate of drug-likeness (QED) is 0.923. The van der Waals surface area contributed by atoms with Gasteiger partial charge in [-0.1, -0.05) is 31.5 Å². The molecule has 0 bridgehead atoms. The van der Waals surface area contributed by atoms with Crippen molar-refractivity contribution in [2.24, 2.45) is 5.73 Å². The van der Waals surface area contributed by atoms with Crippen molar-refractivity contribution in [2.75, 3.05) is 18.0 Å². The topological polar surface area (TPSA) is 29.3 Å². The van der Waals surface area contributed by atoms with Gasteiger partial charge in [0.05, 0.1) is 0 Å². The lowest BCUT2D eigenvalue weighted by Crippen LogP contribution is -2.29. The van der Waals surface area contributed by atoms with Crippen LogP contribution in [-0.4, -0.2) is 13.1 Å². The van der Waals surface area contributed by atoms with Crippen molar-refractivity contribution in [3.63, 3.8) is 0 Å². The predicted molar refractivity (Wildman–Crippen MR) is 76.0 cm³/mol. The molecule has 2 rings (SSSR count). The minimum absolute atomic E-state index is 0. The fraction of sp³-hybridized carbons (Fsp3) is 0.385. The third-order valence-electron chi connectivity index (χ3n) is 2.87. The van der Waals surface area contributed by atoms with Gasteiger partial charge in [-0.15, -0.1) is 17.0 Å². The van der Waals surface area contributed by atoms with Gasteiger partial charge in [0.25, 0.3) is 0 Å². The van der Waals surface area contributed by atoms with E-state index >= 15 is 0 Å². The highest BCUT2D eigenvalue weighted by atomic mass is 79.9. The average molecular weight is 283 g/mol. The number of para-hydroxylation sites is 1. The molecule has 0 amide bonds. The first-order chi connectivity index (χ1) is 7.33. The summed E-state index contributed by atoms with van der Waals surface area (Å²) in [5.41, 5.74) is 9.35. The number of fused-ring (bicyclic) bond motifs is 1. The van der Waals surface area contributed by atoms with E-state index in [0.29, 0.717) is 0 Å². The molecule has 3 heteroatoms. The Kier molecular flexibility index (Phi) is 4.87. The van der Waals surface area contributed by atoms with Crippen molar-refractivity contribution in [3.8, 4) is 0 Å². The fourth-order valence-electron chi connectivity index (χ4n) is 1.97. The number of benzene rings is 1. The van der Waals surface area contributed by atoms with Crippen molar-refractivity contribution >= 4 is 28.4 Å². The van der Waals surface area contributed by atoms with Crippen molar-refractivity contribution in [1.29, 1.82) is 0 Å². The number of halogens is 1. The van der Waals surface area contributed by atoms with Crippen molar-refractivity contribution in [1.82, 2.24) is 0 Å². The fourth-order valence-corrected chi connectivity index (χ4v) is 1.97. The Hall–Kier alpha value is -0.960. The molecule has 0 saturated heterocycles. The number of nitrogens with zero attached hydrogens (tertiary/aromatic N) is 1. The van der Waals surface area contributed by atoms with E-state index < -0.39 is 0 Å². The monoisotopic (exact) mass is 282 g/mol. The first kappa shape index (κ1) is 13.1. The summed E-state index contributed by atoms with van der Waals surface area (Å²) in [6.07, 6.45) is 4.58. The molecule has 0 atom stereocenters. The first-order valence-corrected chi connectivity index (χ1v) is 5.63. The molecule has 0 saturated carbocycles. The predicted octanol–water partition coefficient (Wildman–Crippen LogP) is 3.18. The maximum atomic E-state index is 5.97. The summed E-state index contributed by atoms with van der Waals surface area (Å²) in [4.78, 5) is 2.40. The molecular formula is C13H19BrN2. The molecule has 1 aromatic carbocycles. The van der Waals surface area contributed by atoms with E-state index in [9.17, 15) is 0 Å². The highest BCUT2D eigenvalue weighted by molar-refractivity contribution is 8.93. The maximum Gasteiger partial charge on any atom is 0.0463 e. The van der Waals surface area contributed by atoms with E-state index in [2.05, 4.69) is 36.1 Å². The molecule has 88 valence electrons. The number of hydrogen-bond acceptors (Lipinski definition) is 2. The van der Waals surface area contributed by atoms with E-state index in [1.54, 1.807) is 0 Å². The summed E-state index contributed by atoms with van der Waals surface area (Å²) >= 11 is 0. The van der Waals surface area contributed by atoms with Gasteiger partial charge in [-0.3, -0.25) is 0 Å². The zero-order valence-electron chi connectivity index (χ0n) is 9.65. The molecule has 0 aromatic heterocycles. The Labute approximate surface area is 108 Å². The Morgan fingerprint density at radius 2 is 2.06 bits per heavy atom. The van der Waals surface area contributed by atoms with E-state index in [1.807, 2.05) is 6.07 Å². The van der Waals surface area contributed by atoms with Gasteiger partial charge >= 0.3 is 0 Å². The summed E-state index contributed by atoms with van der Waals surface area (Å²) in [6, 6.07) is 8.38. The third kappa shape index (κ3) is 2.59. The number of hydrogen-bond donors (Lipinski definition) is 1. The van der Waals surface area contributed by atoms with Crippen LogP contribution in [0.5, 0.6) is 0 Å². The molecule has 2 nitrogen and oxygen atoms in total. The van der Waals surface area contributed by atoms with Crippen LogP contribution in [-0.2, 0) is 0 Å². The second-order valence-corrected chi connectivity index (χ2v) is 3.98. The Balaban J connectivity index is 0.00000128. The summed E-state index contributed by atoms with van der Waals surface area (Å²) in [6.45, 7) is 4.29. The highest BCUT2D eigenvalue weighted by Gasteiger charge is 2.15. The number of unbranched alkanes of at least 4 members (excludes halogenated alkanes) is 1. The lowest BCUT2D eigenvalue weighted by Gasteiger charge is -2.29. The number of anilines is 1. The zero-order valence-corrected chi connectivity index (χ0v) is 11.4. The molecule has 0 fully saturated rings. The molecule has 2 N–H and O–H groups in total. The van der Waals surface area contributed by atoms with Crippen molar-refractivity contribution in [3.05, 3.63) is 35.9 Å². The van der Waals surface area contributed by atoms with Crippen molar-refractivity contribution < 1.29 is 0 Å². The second-order valence-electron chi connectivity index (χ2n) is 3.98. The molecule has 1 aromatic rings. The summed E-state index contributed by atoms with van der Waals surface area (Å²) < 4.78 is 0. The number of nitrogens with two attached hydrogens (primary N) is 1. The molecule has 0 spiro atoms. The minimum Gasteiger partial charge on any atom is -0.398 e. The Bertz CT molecular complexity index is 374. The molecule has 1 aliphatic rings. The summed E-state index contributed by atoms with van der Waals surface area (Å²) in [5.74, 6) is 0. The van der Waals surface area contributed by atoms with Gasteiger partial charge in [-0.2, -0.15) is 0 Å². The smallest absolute Gasteiger partial charge is 0.0463 e. The van der Waals surface area contributed by atoms with Gasteiger partial charge < -0.3 is 10.6 Å². The van der Waals surface area contributed by atoms with Crippen LogP contribution in [0.3, 0.4) is 0 Å². The van der Waals surface area contributed by atoms with E-state index in [0.717, 1.165) is 18.8 Å². The van der Waals surface area contributed by atoms with Gasteiger partial charge in [0.15, 0.2) is 0 Å². The molecule has 0 radical (unpaired) electrons. The third-order valence-corrected chi connectivity index (χ3v) is 2.87. The Morgan fingerprint density at radius 3 is 2.81 bits per heavy atom. The molecule has 16 heavy (non-hydrogen) atoms. The van der Waals surface area contributed by atoms with Gasteiger partial charge in [0, 0.05) is 30.0 Å². The normalized spacial score (nSPS) is 13.8. The van der Waals surface area contributed by atoms with Crippen LogP contribution >= 0.6 is 17.0 Å². The van der Waals surface area contributed by atoms with Gasteiger partial charge in [0.1, 0.15) is 0 Å². The van der Waals surface area contributed by atoms with Crippen LogP contribution in [0.2, 0.25) is 0 Å². The molecule has 1 aliphatic heterocycles. The van der Waals surface area contributed by atoms with Crippen LogP contribution in [0.4, 0.5) is 5.69 Å². The molecular weight excluding hydrogens is 264 g/mol. The van der Waals surface area contributed by atoms with Crippen LogP contribution in [0, 0.1) is 0 Å². The molecule has 0 aliphatic carbocycles. The van der Waals surface area contributed by atoms with E-state index in [-0.39, 0.29) is 17.0 Å². The molecule has 0 unspecified atom stereocenters. The van der Waals surface area contributed by atoms with Crippen LogP contribution in [0.1, 0.15) is 25.3 Å². The second kappa shape index (κ2) is 5.94. The van der Waals surface area contributed by atoms with Crippen molar-refractivity contribution in [2.45, 2.75) is 19.8 Å². The lowest BCUT2D eigenvalue weighted by molar-refractivity contribution is 0.742. The van der Waals surface area contributed by atoms with E-state index in [4.69, 9.17) is 5.73 Å². The van der Waals surface area contributed by atoms with Crippen LogP contribution in [0.15, 0.2) is 30.3 Å².